The molecule has 0 heterocycles. The van der Waals surface area contributed by atoms with Gasteiger partial charge in [0.1, 0.15) is 0 Å². The van der Waals surface area contributed by atoms with Crippen molar-refractivity contribution in [3.05, 3.63) is 325 Å². The molecule has 4 heteroatoms. The molecule has 3 aliphatic carbocycles. The van der Waals surface area contributed by atoms with Crippen LogP contribution in [0.15, 0.2) is 291 Å². The van der Waals surface area contributed by atoms with Gasteiger partial charge in [-0.3, -0.25) is 0 Å². The highest BCUT2D eigenvalue weighted by atomic mass is 15.2. The van der Waals surface area contributed by atoms with Crippen molar-refractivity contribution in [1.82, 2.24) is 0 Å². The van der Waals surface area contributed by atoms with E-state index in [4.69, 9.17) is 0 Å². The third-order valence-corrected chi connectivity index (χ3v) is 18.8. The summed E-state index contributed by atoms with van der Waals surface area (Å²) in [7, 11) is 0. The SMILES string of the molecule is CC#CC#CC1(C)c2cc(N(c3ccccc3)c3ccc4c(c3)C(C)(C)c3cc(N(c5ccccc5)c5ccccc5)ccc3-4)ccc2-c2ccc(N(c3ccccc3)c3ccc4c(c3)C(C)(C)c3cc(N(c5ccccc5)c5ccccc5)ccc3-4)cc21. The van der Waals surface area contributed by atoms with Crippen LogP contribution >= 0.6 is 0 Å². The maximum Gasteiger partial charge on any atom is 0.0807 e. The summed E-state index contributed by atoms with van der Waals surface area (Å²) in [5.74, 6) is 13.3. The zero-order valence-electron chi connectivity index (χ0n) is 51.0. The van der Waals surface area contributed by atoms with Crippen molar-refractivity contribution < 1.29 is 0 Å². The van der Waals surface area contributed by atoms with Gasteiger partial charge in [0.2, 0.25) is 0 Å². The third-order valence-electron chi connectivity index (χ3n) is 18.8. The van der Waals surface area contributed by atoms with Crippen LogP contribution in [0.2, 0.25) is 0 Å². The van der Waals surface area contributed by atoms with Crippen LogP contribution in [-0.2, 0) is 16.2 Å². The largest absolute Gasteiger partial charge is 0.310 e. The van der Waals surface area contributed by atoms with Gasteiger partial charge in [-0.15, -0.1) is 0 Å². The Morgan fingerprint density at radius 1 is 0.225 bits per heavy atom. The predicted molar refractivity (Wildman–Crippen MR) is 373 cm³/mol. The first-order valence-corrected chi connectivity index (χ1v) is 30.8. The first-order chi connectivity index (χ1) is 43.5. The van der Waals surface area contributed by atoms with Crippen LogP contribution in [0, 0.1) is 23.7 Å². The average Bonchev–Trinajstić information content (AvgIpc) is 1.93. The van der Waals surface area contributed by atoms with Gasteiger partial charge in [0.05, 0.1) is 5.41 Å². The molecule has 0 radical (unpaired) electrons. The summed E-state index contributed by atoms with van der Waals surface area (Å²) in [6, 6.07) is 106. The fraction of sp³-hybridized carbons (Fsp3) is 0.106. The van der Waals surface area contributed by atoms with Crippen molar-refractivity contribution in [3.63, 3.8) is 0 Å². The molecule has 3 aliphatic rings. The molecule has 0 fully saturated rings. The molecule has 0 aromatic heterocycles. The maximum atomic E-state index is 3.77. The van der Waals surface area contributed by atoms with Crippen LogP contribution in [0.25, 0.3) is 33.4 Å². The van der Waals surface area contributed by atoms with Gasteiger partial charge < -0.3 is 19.6 Å². The molecule has 0 N–H and O–H groups in total. The summed E-state index contributed by atoms with van der Waals surface area (Å²) >= 11 is 0. The molecule has 12 aromatic rings. The topological polar surface area (TPSA) is 13.0 Å². The van der Waals surface area contributed by atoms with Crippen LogP contribution in [0.4, 0.5) is 68.2 Å². The van der Waals surface area contributed by atoms with Gasteiger partial charge in [0.25, 0.3) is 0 Å². The molecule has 0 spiro atoms. The number of anilines is 12. The van der Waals surface area contributed by atoms with E-state index in [9.17, 15) is 0 Å². The second kappa shape index (κ2) is 21.7. The van der Waals surface area contributed by atoms with Gasteiger partial charge in [-0.1, -0.05) is 185 Å². The van der Waals surface area contributed by atoms with Gasteiger partial charge in [-0.05, 0) is 238 Å². The summed E-state index contributed by atoms with van der Waals surface area (Å²) in [5.41, 5.74) is 26.8. The molecule has 89 heavy (non-hydrogen) atoms. The normalized spacial score (nSPS) is 13.6. The lowest BCUT2D eigenvalue weighted by Gasteiger charge is -2.30. The molecule has 0 aliphatic heterocycles. The second-order valence-corrected chi connectivity index (χ2v) is 24.7. The van der Waals surface area contributed by atoms with Crippen LogP contribution in [0.5, 0.6) is 0 Å². The zero-order chi connectivity index (χ0) is 60.4. The molecular weight excluding hydrogens is 1080 g/mol. The zero-order valence-corrected chi connectivity index (χ0v) is 51.0. The van der Waals surface area contributed by atoms with Crippen LogP contribution < -0.4 is 19.6 Å². The Hall–Kier alpha value is -11.0. The Morgan fingerprint density at radius 2 is 0.427 bits per heavy atom. The summed E-state index contributed by atoms with van der Waals surface area (Å²) in [6.45, 7) is 13.7. The minimum Gasteiger partial charge on any atom is -0.310 e. The molecule has 0 saturated heterocycles. The quantitative estimate of drug-likeness (QED) is 0.113. The summed E-state index contributed by atoms with van der Waals surface area (Å²) in [4.78, 5) is 9.55. The smallest absolute Gasteiger partial charge is 0.0807 e. The Morgan fingerprint density at radius 3 is 0.652 bits per heavy atom. The van der Waals surface area contributed by atoms with Crippen molar-refractivity contribution in [2.24, 2.45) is 0 Å². The number of hydrogen-bond donors (Lipinski definition) is 0. The number of rotatable bonds is 12. The van der Waals surface area contributed by atoms with E-state index in [1.165, 1.54) is 55.6 Å². The van der Waals surface area contributed by atoms with Crippen LogP contribution in [0.3, 0.4) is 0 Å². The van der Waals surface area contributed by atoms with Crippen molar-refractivity contribution in [3.8, 4) is 57.1 Å². The second-order valence-electron chi connectivity index (χ2n) is 24.7. The van der Waals surface area contributed by atoms with Gasteiger partial charge in [-0.25, -0.2) is 0 Å². The predicted octanol–water partition coefficient (Wildman–Crippen LogP) is 22.5. The number of benzene rings is 12. The fourth-order valence-electron chi connectivity index (χ4n) is 14.4. The maximum absolute atomic E-state index is 3.77. The minimum atomic E-state index is -0.718. The van der Waals surface area contributed by atoms with Gasteiger partial charge in [0.15, 0.2) is 0 Å². The minimum absolute atomic E-state index is 0.295. The lowest BCUT2D eigenvalue weighted by molar-refractivity contribution is 0.660. The molecule has 4 nitrogen and oxygen atoms in total. The molecule has 15 rings (SSSR count). The molecular formula is C85H66N4. The monoisotopic (exact) mass is 1140 g/mol. The van der Waals surface area contributed by atoms with Gasteiger partial charge in [-0.2, -0.15) is 0 Å². The standard InChI is InChI=1S/C85H66N4/c1-7-8-27-52-85(6)81-57-69(88(63-36-23-13-24-37-63)67-42-48-73-71-46-40-65(53-77(71)83(2,3)79(73)55-67)86(59-28-15-9-16-29-59)60-30-17-10-18-31-60)44-50-75(81)76-51-45-70(58-82(76)85)89(64-38-25-14-26-39-64)68-43-49-74-72-47-41-66(54-78(72)84(4,5)80(74)56-68)87(61-32-19-11-20-33-61)62-34-21-12-22-35-62/h9-26,28-51,53-58H,1-6H3. The number of para-hydroxylation sites is 6. The number of nitrogens with zero attached hydrogens (tertiary/aromatic N) is 4. The third kappa shape index (κ3) is 9.19. The Balaban J connectivity index is 0.802. The van der Waals surface area contributed by atoms with Gasteiger partial charge >= 0.3 is 0 Å². The molecule has 0 bridgehead atoms. The molecule has 0 saturated carbocycles. The molecule has 0 amide bonds. The van der Waals surface area contributed by atoms with Crippen molar-refractivity contribution in [1.29, 1.82) is 0 Å². The lowest BCUT2D eigenvalue weighted by atomic mass is 9.80. The molecule has 12 aromatic carbocycles. The highest BCUT2D eigenvalue weighted by Crippen LogP contribution is 2.57. The highest BCUT2D eigenvalue weighted by molar-refractivity contribution is 5.94. The van der Waals surface area contributed by atoms with E-state index >= 15 is 0 Å². The van der Waals surface area contributed by atoms with E-state index < -0.39 is 5.41 Å². The summed E-state index contributed by atoms with van der Waals surface area (Å²) < 4.78 is 0. The van der Waals surface area contributed by atoms with E-state index in [-0.39, 0.29) is 10.8 Å². The highest BCUT2D eigenvalue weighted by Gasteiger charge is 2.42. The lowest BCUT2D eigenvalue weighted by Crippen LogP contribution is -2.20. The molecule has 0 unspecified atom stereocenters. The first kappa shape index (κ1) is 54.6. The number of fused-ring (bicyclic) bond motifs is 9. The summed E-state index contributed by atoms with van der Waals surface area (Å²) in [5, 5.41) is 0. The summed E-state index contributed by atoms with van der Waals surface area (Å²) in [6.07, 6.45) is 0. The Kier molecular flexibility index (Phi) is 13.3. The van der Waals surface area contributed by atoms with E-state index in [1.54, 1.807) is 0 Å². The van der Waals surface area contributed by atoms with E-state index in [0.717, 1.165) is 79.4 Å². The van der Waals surface area contributed by atoms with E-state index in [2.05, 4.69) is 369 Å². The van der Waals surface area contributed by atoms with Gasteiger partial charge in [0, 0.05) is 79.1 Å². The fourth-order valence-corrected chi connectivity index (χ4v) is 14.4. The Bertz CT molecular complexity index is 4450. The molecule has 0 atom stereocenters. The first-order valence-electron chi connectivity index (χ1n) is 30.8. The van der Waals surface area contributed by atoms with Crippen molar-refractivity contribution in [2.45, 2.75) is 57.8 Å². The van der Waals surface area contributed by atoms with Crippen LogP contribution in [-0.4, -0.2) is 0 Å². The van der Waals surface area contributed by atoms with Crippen LogP contribution in [0.1, 0.15) is 74.9 Å². The van der Waals surface area contributed by atoms with E-state index in [1.807, 2.05) is 6.92 Å². The van der Waals surface area contributed by atoms with E-state index in [0.29, 0.717) is 0 Å². The number of hydrogen-bond acceptors (Lipinski definition) is 4. The van der Waals surface area contributed by atoms with Crippen molar-refractivity contribution >= 4 is 68.2 Å². The Labute approximate surface area is 524 Å². The average molecular weight is 1140 g/mol. The van der Waals surface area contributed by atoms with Crippen molar-refractivity contribution in [2.75, 3.05) is 19.6 Å². The molecule has 426 valence electrons.